The average molecular weight is 299 g/mol. The van der Waals surface area contributed by atoms with Gasteiger partial charge >= 0.3 is 0 Å². The number of nitrogens with one attached hydrogen (secondary N) is 1. The van der Waals surface area contributed by atoms with Crippen LogP contribution in [0.2, 0.25) is 5.15 Å². The van der Waals surface area contributed by atoms with E-state index in [4.69, 9.17) is 17.3 Å². The van der Waals surface area contributed by atoms with Gasteiger partial charge in [0.15, 0.2) is 9.84 Å². The van der Waals surface area contributed by atoms with Crippen molar-refractivity contribution in [3.8, 4) is 0 Å². The van der Waals surface area contributed by atoms with Crippen molar-refractivity contribution in [2.45, 2.75) is 4.90 Å². The standard InChI is InChI=1S/C11H11ClN4O2S/c1-19(17,18)8-4-2-7(3-5-8)14-10-6-9(12)15-11(13)16-10/h2-6H,1H3,(H3,13,14,15,16). The van der Waals surface area contributed by atoms with Crippen molar-refractivity contribution in [2.24, 2.45) is 0 Å². The molecule has 8 heteroatoms. The molecule has 2 aromatic rings. The molecule has 0 aliphatic rings. The molecule has 0 bridgehead atoms. The van der Waals surface area contributed by atoms with Gasteiger partial charge in [0, 0.05) is 18.0 Å². The molecule has 1 aromatic heterocycles. The van der Waals surface area contributed by atoms with Crippen molar-refractivity contribution in [3.05, 3.63) is 35.5 Å². The Hall–Kier alpha value is -1.86. The zero-order chi connectivity index (χ0) is 14.0. The molecule has 1 heterocycles. The van der Waals surface area contributed by atoms with Crippen LogP contribution in [0.4, 0.5) is 17.5 Å². The highest BCUT2D eigenvalue weighted by molar-refractivity contribution is 7.90. The van der Waals surface area contributed by atoms with E-state index in [1.54, 1.807) is 12.1 Å². The second-order valence-electron chi connectivity index (χ2n) is 3.86. The van der Waals surface area contributed by atoms with E-state index >= 15 is 0 Å². The molecule has 2 rings (SSSR count). The van der Waals surface area contributed by atoms with Gasteiger partial charge in [0.2, 0.25) is 5.95 Å². The number of nitrogen functional groups attached to an aromatic ring is 1. The van der Waals surface area contributed by atoms with Crippen molar-refractivity contribution in [1.29, 1.82) is 0 Å². The largest absolute Gasteiger partial charge is 0.368 e. The molecule has 0 aliphatic carbocycles. The predicted octanol–water partition coefficient (Wildman–Crippen LogP) is 1.86. The lowest BCUT2D eigenvalue weighted by Crippen LogP contribution is -2.01. The third-order valence-corrected chi connectivity index (χ3v) is 3.59. The summed E-state index contributed by atoms with van der Waals surface area (Å²) in [6.07, 6.45) is 1.15. The Morgan fingerprint density at radius 3 is 2.37 bits per heavy atom. The average Bonchev–Trinajstić information content (AvgIpc) is 2.26. The Balaban J connectivity index is 2.24. The fourth-order valence-corrected chi connectivity index (χ4v) is 2.25. The van der Waals surface area contributed by atoms with Crippen molar-refractivity contribution in [2.75, 3.05) is 17.3 Å². The molecule has 6 nitrogen and oxygen atoms in total. The third-order valence-electron chi connectivity index (χ3n) is 2.27. The van der Waals surface area contributed by atoms with Crippen LogP contribution in [0.1, 0.15) is 0 Å². The first kappa shape index (κ1) is 13.6. The Morgan fingerprint density at radius 1 is 1.21 bits per heavy atom. The molecule has 0 amide bonds. The van der Waals surface area contributed by atoms with E-state index in [1.807, 2.05) is 0 Å². The molecule has 1 aromatic carbocycles. The Labute approximate surface area is 115 Å². The smallest absolute Gasteiger partial charge is 0.223 e. The van der Waals surface area contributed by atoms with Crippen LogP contribution in [-0.4, -0.2) is 24.6 Å². The zero-order valence-corrected chi connectivity index (χ0v) is 11.5. The highest BCUT2D eigenvalue weighted by Crippen LogP contribution is 2.19. The number of benzene rings is 1. The van der Waals surface area contributed by atoms with Gasteiger partial charge in [-0.15, -0.1) is 0 Å². The summed E-state index contributed by atoms with van der Waals surface area (Å²) >= 11 is 5.75. The normalized spacial score (nSPS) is 11.3. The van der Waals surface area contributed by atoms with E-state index in [-0.39, 0.29) is 16.0 Å². The van der Waals surface area contributed by atoms with E-state index in [0.29, 0.717) is 11.5 Å². The fraction of sp³-hybridized carbons (Fsp3) is 0.0909. The zero-order valence-electron chi connectivity index (χ0n) is 9.96. The first-order chi connectivity index (χ1) is 8.84. The minimum atomic E-state index is -3.20. The summed E-state index contributed by atoms with van der Waals surface area (Å²) in [5.41, 5.74) is 6.14. The lowest BCUT2D eigenvalue weighted by atomic mass is 10.3. The van der Waals surface area contributed by atoms with Crippen molar-refractivity contribution in [3.63, 3.8) is 0 Å². The van der Waals surface area contributed by atoms with Crippen LogP contribution < -0.4 is 11.1 Å². The summed E-state index contributed by atoms with van der Waals surface area (Å²) in [5.74, 6) is 0.493. The summed E-state index contributed by atoms with van der Waals surface area (Å²) < 4.78 is 22.6. The number of nitrogens with zero attached hydrogens (tertiary/aromatic N) is 2. The predicted molar refractivity (Wildman–Crippen MR) is 74.3 cm³/mol. The molecule has 3 N–H and O–H groups in total. The molecule has 0 unspecified atom stereocenters. The molecule has 0 aliphatic heterocycles. The summed E-state index contributed by atoms with van der Waals surface area (Å²) in [7, 11) is -3.20. The monoisotopic (exact) mass is 298 g/mol. The number of hydrogen-bond donors (Lipinski definition) is 2. The molecular weight excluding hydrogens is 288 g/mol. The third kappa shape index (κ3) is 3.55. The van der Waals surface area contributed by atoms with Gasteiger partial charge in [-0.05, 0) is 24.3 Å². The van der Waals surface area contributed by atoms with E-state index in [0.717, 1.165) is 6.26 Å². The van der Waals surface area contributed by atoms with Crippen molar-refractivity contribution in [1.82, 2.24) is 9.97 Å². The Kier molecular flexibility index (Phi) is 3.59. The van der Waals surface area contributed by atoms with Gasteiger partial charge in [0.25, 0.3) is 0 Å². The summed E-state index contributed by atoms with van der Waals surface area (Å²) in [6, 6.07) is 7.78. The molecule has 0 saturated heterocycles. The molecule has 0 spiro atoms. The topological polar surface area (TPSA) is 98.0 Å². The second-order valence-corrected chi connectivity index (χ2v) is 6.26. The summed E-state index contributed by atoms with van der Waals surface area (Å²) in [5, 5.41) is 3.18. The van der Waals surface area contributed by atoms with Crippen LogP contribution in [0.15, 0.2) is 35.2 Å². The van der Waals surface area contributed by atoms with Crippen LogP contribution in [0.5, 0.6) is 0 Å². The fourth-order valence-electron chi connectivity index (χ4n) is 1.43. The van der Waals surface area contributed by atoms with Gasteiger partial charge in [-0.2, -0.15) is 4.98 Å². The molecular formula is C11H11ClN4O2S. The maximum Gasteiger partial charge on any atom is 0.223 e. The second kappa shape index (κ2) is 5.02. The first-order valence-corrected chi connectivity index (χ1v) is 7.49. The number of anilines is 3. The van der Waals surface area contributed by atoms with Crippen LogP contribution in [0.25, 0.3) is 0 Å². The SMILES string of the molecule is CS(=O)(=O)c1ccc(Nc2cc(Cl)nc(N)n2)cc1. The first-order valence-electron chi connectivity index (χ1n) is 5.22. The minimum absolute atomic E-state index is 0.0581. The molecule has 19 heavy (non-hydrogen) atoms. The molecule has 0 saturated carbocycles. The number of sulfone groups is 1. The van der Waals surface area contributed by atoms with Crippen LogP contribution in [-0.2, 0) is 9.84 Å². The van der Waals surface area contributed by atoms with Crippen LogP contribution in [0.3, 0.4) is 0 Å². The number of rotatable bonds is 3. The number of aromatic nitrogens is 2. The quantitative estimate of drug-likeness (QED) is 0.839. The number of hydrogen-bond acceptors (Lipinski definition) is 6. The molecule has 0 radical (unpaired) electrons. The highest BCUT2D eigenvalue weighted by Gasteiger charge is 2.06. The van der Waals surface area contributed by atoms with Gasteiger partial charge in [0.1, 0.15) is 11.0 Å². The van der Waals surface area contributed by atoms with Gasteiger partial charge in [-0.1, -0.05) is 11.6 Å². The molecule has 0 atom stereocenters. The number of nitrogens with two attached hydrogens (primary N) is 1. The van der Waals surface area contributed by atoms with Gasteiger partial charge < -0.3 is 11.1 Å². The number of halogens is 1. The highest BCUT2D eigenvalue weighted by atomic mass is 35.5. The van der Waals surface area contributed by atoms with Crippen molar-refractivity contribution < 1.29 is 8.42 Å². The lowest BCUT2D eigenvalue weighted by Gasteiger charge is -2.07. The maximum atomic E-state index is 11.3. The van der Waals surface area contributed by atoms with E-state index in [2.05, 4.69) is 15.3 Å². The van der Waals surface area contributed by atoms with E-state index in [9.17, 15) is 8.42 Å². The minimum Gasteiger partial charge on any atom is -0.368 e. The summed E-state index contributed by atoms with van der Waals surface area (Å²) in [6.45, 7) is 0. The van der Waals surface area contributed by atoms with E-state index in [1.165, 1.54) is 18.2 Å². The summed E-state index contributed by atoms with van der Waals surface area (Å²) in [4.78, 5) is 7.94. The Bertz CT molecular complexity index is 681. The van der Waals surface area contributed by atoms with Crippen molar-refractivity contribution >= 4 is 38.9 Å². The van der Waals surface area contributed by atoms with E-state index < -0.39 is 9.84 Å². The van der Waals surface area contributed by atoms with Gasteiger partial charge in [-0.3, -0.25) is 0 Å². The maximum absolute atomic E-state index is 11.3. The van der Waals surface area contributed by atoms with Gasteiger partial charge in [-0.25, -0.2) is 13.4 Å². The van der Waals surface area contributed by atoms with Crippen LogP contribution >= 0.6 is 11.6 Å². The molecule has 100 valence electrons. The Morgan fingerprint density at radius 2 is 1.84 bits per heavy atom. The van der Waals surface area contributed by atoms with Gasteiger partial charge in [0.05, 0.1) is 4.90 Å². The lowest BCUT2D eigenvalue weighted by molar-refractivity contribution is 0.602. The molecule has 0 fully saturated rings. The van der Waals surface area contributed by atoms with Crippen LogP contribution in [0, 0.1) is 0 Å².